The second-order valence-corrected chi connectivity index (χ2v) is 6.51. The maximum absolute atomic E-state index is 9.10. The van der Waals surface area contributed by atoms with E-state index in [9.17, 15) is 0 Å². The molecule has 0 aliphatic rings. The number of hydrogen-bond donors (Lipinski definition) is 2. The maximum Gasteiger partial charge on any atom is 0.123 e. The molecule has 3 nitrogen and oxygen atoms in total. The number of aliphatic hydroxyl groups is 1. The van der Waals surface area contributed by atoms with Gasteiger partial charge in [0.15, 0.2) is 0 Å². The second-order valence-electron chi connectivity index (χ2n) is 6.51. The van der Waals surface area contributed by atoms with Gasteiger partial charge in [-0.2, -0.15) is 0 Å². The number of rotatable bonds is 6. The van der Waals surface area contributed by atoms with Crippen LogP contribution in [0.1, 0.15) is 46.1 Å². The average Bonchev–Trinajstić information content (AvgIpc) is 2.34. The first-order valence-corrected chi connectivity index (χ1v) is 6.88. The Kier molecular flexibility index (Phi) is 5.39. The minimum atomic E-state index is -0.507. The van der Waals surface area contributed by atoms with Crippen molar-refractivity contribution in [1.29, 1.82) is 0 Å². The molecule has 0 fully saturated rings. The van der Waals surface area contributed by atoms with E-state index < -0.39 is 5.54 Å². The lowest BCUT2D eigenvalue weighted by molar-refractivity contribution is 0.188. The number of para-hydroxylation sites is 1. The van der Waals surface area contributed by atoms with Crippen molar-refractivity contribution in [3.8, 4) is 5.75 Å². The third-order valence-electron chi connectivity index (χ3n) is 3.21. The minimum Gasteiger partial charge on any atom is -0.493 e. The molecule has 0 aliphatic heterocycles. The summed E-state index contributed by atoms with van der Waals surface area (Å²) in [5, 5.41) is 9.10. The summed E-state index contributed by atoms with van der Waals surface area (Å²) in [4.78, 5) is 0. The standard InChI is InChI=1S/C16H27NO2/c1-15(2,3)13-8-5-6-9-14(13)19-11-7-10-16(4,17)12-18/h5-6,8-9,18H,7,10-12,17H2,1-4H3. The van der Waals surface area contributed by atoms with E-state index in [4.69, 9.17) is 15.6 Å². The predicted octanol–water partition coefficient (Wildman–Crippen LogP) is 2.85. The Hall–Kier alpha value is -1.06. The van der Waals surface area contributed by atoms with Crippen molar-refractivity contribution in [2.75, 3.05) is 13.2 Å². The Morgan fingerprint density at radius 3 is 2.37 bits per heavy atom. The van der Waals surface area contributed by atoms with Gasteiger partial charge in [-0.25, -0.2) is 0 Å². The molecule has 3 heteroatoms. The van der Waals surface area contributed by atoms with Crippen LogP contribution in [0.2, 0.25) is 0 Å². The van der Waals surface area contributed by atoms with Crippen LogP contribution in [0, 0.1) is 0 Å². The van der Waals surface area contributed by atoms with Crippen molar-refractivity contribution in [1.82, 2.24) is 0 Å². The van der Waals surface area contributed by atoms with E-state index in [1.165, 1.54) is 5.56 Å². The molecular formula is C16H27NO2. The fourth-order valence-electron chi connectivity index (χ4n) is 1.95. The zero-order valence-electron chi connectivity index (χ0n) is 12.6. The summed E-state index contributed by atoms with van der Waals surface area (Å²) in [7, 11) is 0. The van der Waals surface area contributed by atoms with Crippen molar-refractivity contribution in [2.24, 2.45) is 5.73 Å². The number of ether oxygens (including phenoxy) is 1. The fraction of sp³-hybridized carbons (Fsp3) is 0.625. The molecule has 0 radical (unpaired) electrons. The van der Waals surface area contributed by atoms with Crippen LogP contribution in [0.25, 0.3) is 0 Å². The molecule has 1 rings (SSSR count). The minimum absolute atomic E-state index is 0.00553. The zero-order valence-corrected chi connectivity index (χ0v) is 12.6. The summed E-state index contributed by atoms with van der Waals surface area (Å²) >= 11 is 0. The molecule has 0 saturated carbocycles. The van der Waals surface area contributed by atoms with E-state index in [0.29, 0.717) is 6.61 Å². The van der Waals surface area contributed by atoms with E-state index >= 15 is 0 Å². The molecule has 3 N–H and O–H groups in total. The highest BCUT2D eigenvalue weighted by molar-refractivity contribution is 5.38. The van der Waals surface area contributed by atoms with E-state index in [1.807, 2.05) is 25.1 Å². The van der Waals surface area contributed by atoms with E-state index in [0.717, 1.165) is 18.6 Å². The lowest BCUT2D eigenvalue weighted by Crippen LogP contribution is -2.40. The lowest BCUT2D eigenvalue weighted by Gasteiger charge is -2.24. The van der Waals surface area contributed by atoms with Crippen molar-refractivity contribution < 1.29 is 9.84 Å². The smallest absolute Gasteiger partial charge is 0.123 e. The summed E-state index contributed by atoms with van der Waals surface area (Å²) < 4.78 is 5.87. The van der Waals surface area contributed by atoms with Gasteiger partial charge in [0.1, 0.15) is 5.75 Å². The van der Waals surface area contributed by atoms with Gasteiger partial charge >= 0.3 is 0 Å². The van der Waals surface area contributed by atoms with Gasteiger partial charge in [0.25, 0.3) is 0 Å². The molecule has 19 heavy (non-hydrogen) atoms. The van der Waals surface area contributed by atoms with Gasteiger partial charge in [-0.05, 0) is 36.8 Å². The number of benzene rings is 1. The molecule has 1 unspecified atom stereocenters. The molecule has 0 aliphatic carbocycles. The van der Waals surface area contributed by atoms with Gasteiger partial charge in [-0.1, -0.05) is 39.0 Å². The van der Waals surface area contributed by atoms with Gasteiger partial charge in [-0.15, -0.1) is 0 Å². The van der Waals surface area contributed by atoms with Gasteiger partial charge < -0.3 is 15.6 Å². The number of aliphatic hydroxyl groups excluding tert-OH is 1. The third kappa shape index (κ3) is 5.21. The fourth-order valence-corrected chi connectivity index (χ4v) is 1.95. The largest absolute Gasteiger partial charge is 0.493 e. The van der Waals surface area contributed by atoms with Crippen molar-refractivity contribution in [3.05, 3.63) is 29.8 Å². The zero-order chi connectivity index (χ0) is 14.5. The lowest BCUT2D eigenvalue weighted by atomic mass is 9.86. The van der Waals surface area contributed by atoms with Crippen molar-refractivity contribution >= 4 is 0 Å². The predicted molar refractivity (Wildman–Crippen MR) is 79.5 cm³/mol. The first kappa shape index (κ1) is 16.0. The van der Waals surface area contributed by atoms with Crippen molar-refractivity contribution in [3.63, 3.8) is 0 Å². The van der Waals surface area contributed by atoms with Crippen LogP contribution in [-0.2, 0) is 5.41 Å². The third-order valence-corrected chi connectivity index (χ3v) is 3.21. The second kappa shape index (κ2) is 6.40. The van der Waals surface area contributed by atoms with E-state index in [1.54, 1.807) is 0 Å². The molecule has 0 spiro atoms. The van der Waals surface area contributed by atoms with Gasteiger partial charge in [-0.3, -0.25) is 0 Å². The molecule has 1 aromatic rings. The van der Waals surface area contributed by atoms with E-state index in [2.05, 4.69) is 26.8 Å². The van der Waals surface area contributed by atoms with Gasteiger partial charge in [0, 0.05) is 5.54 Å². The molecule has 0 saturated heterocycles. The van der Waals surface area contributed by atoms with Gasteiger partial charge in [0.05, 0.1) is 13.2 Å². The Morgan fingerprint density at radius 1 is 1.16 bits per heavy atom. The molecular weight excluding hydrogens is 238 g/mol. The Morgan fingerprint density at radius 2 is 1.79 bits per heavy atom. The van der Waals surface area contributed by atoms with Crippen LogP contribution in [0.4, 0.5) is 0 Å². The monoisotopic (exact) mass is 265 g/mol. The first-order valence-electron chi connectivity index (χ1n) is 6.88. The highest BCUT2D eigenvalue weighted by Gasteiger charge is 2.19. The molecule has 1 atom stereocenters. The molecule has 108 valence electrons. The Balaban J connectivity index is 2.55. The Bertz CT molecular complexity index is 394. The molecule has 0 bridgehead atoms. The maximum atomic E-state index is 9.10. The summed E-state index contributed by atoms with van der Waals surface area (Å²) in [5.41, 5.74) is 6.67. The summed E-state index contributed by atoms with van der Waals surface area (Å²) in [5.74, 6) is 0.942. The molecule has 0 aromatic heterocycles. The topological polar surface area (TPSA) is 55.5 Å². The van der Waals surface area contributed by atoms with Crippen LogP contribution in [0.5, 0.6) is 5.75 Å². The molecule has 1 aromatic carbocycles. The Labute approximate surface area is 116 Å². The van der Waals surface area contributed by atoms with Crippen LogP contribution < -0.4 is 10.5 Å². The highest BCUT2D eigenvalue weighted by atomic mass is 16.5. The summed E-state index contributed by atoms with van der Waals surface area (Å²) in [6.07, 6.45) is 1.59. The number of hydrogen-bond acceptors (Lipinski definition) is 3. The quantitative estimate of drug-likeness (QED) is 0.778. The van der Waals surface area contributed by atoms with Crippen molar-refractivity contribution in [2.45, 2.75) is 51.5 Å². The summed E-state index contributed by atoms with van der Waals surface area (Å²) in [6, 6.07) is 8.14. The van der Waals surface area contributed by atoms with Crippen LogP contribution in [0.15, 0.2) is 24.3 Å². The summed E-state index contributed by atoms with van der Waals surface area (Å²) in [6.45, 7) is 9.02. The normalized spacial score (nSPS) is 15.1. The van der Waals surface area contributed by atoms with E-state index in [-0.39, 0.29) is 12.0 Å². The molecule has 0 amide bonds. The first-order chi connectivity index (χ1) is 8.76. The average molecular weight is 265 g/mol. The SMILES string of the molecule is CC(N)(CO)CCCOc1ccccc1C(C)(C)C. The van der Waals surface area contributed by atoms with Crippen LogP contribution >= 0.6 is 0 Å². The highest BCUT2D eigenvalue weighted by Crippen LogP contribution is 2.31. The van der Waals surface area contributed by atoms with Gasteiger partial charge in [0.2, 0.25) is 0 Å². The van der Waals surface area contributed by atoms with Crippen LogP contribution in [-0.4, -0.2) is 23.9 Å². The van der Waals surface area contributed by atoms with Crippen LogP contribution in [0.3, 0.4) is 0 Å². The number of nitrogens with two attached hydrogens (primary N) is 1. The molecule has 0 heterocycles.